The number of thiocarbonyl (C=S) groups is 1. The number of rotatable bonds is 4. The van der Waals surface area contributed by atoms with Crippen molar-refractivity contribution in [1.29, 1.82) is 0 Å². The van der Waals surface area contributed by atoms with Crippen LogP contribution in [0.4, 0.5) is 5.69 Å². The molecule has 1 aromatic carbocycles. The fourth-order valence-corrected chi connectivity index (χ4v) is 2.80. The fraction of sp³-hybridized carbons (Fsp3) is 0.500. The number of piperidine rings is 1. The van der Waals surface area contributed by atoms with E-state index in [1.165, 1.54) is 0 Å². The number of carbonyl (C=O) groups excluding carboxylic acids is 1. The highest BCUT2D eigenvalue weighted by Gasteiger charge is 2.28. The Morgan fingerprint density at radius 2 is 2.32 bits per heavy atom. The van der Waals surface area contributed by atoms with Gasteiger partial charge in [-0.2, -0.15) is 0 Å². The Bertz CT molecular complexity index is 536. The first-order chi connectivity index (χ1) is 10.6. The number of nitrogens with zero attached hydrogens (tertiary/aromatic N) is 1. The van der Waals surface area contributed by atoms with Crippen molar-refractivity contribution < 1.29 is 14.3 Å². The van der Waals surface area contributed by atoms with Crippen molar-refractivity contribution in [2.24, 2.45) is 5.92 Å². The summed E-state index contributed by atoms with van der Waals surface area (Å²) >= 11 is 5.46. The van der Waals surface area contributed by atoms with Gasteiger partial charge in [0.2, 0.25) is 0 Å². The van der Waals surface area contributed by atoms with E-state index in [0.717, 1.165) is 30.8 Å². The van der Waals surface area contributed by atoms with Gasteiger partial charge in [-0.25, -0.2) is 0 Å². The molecule has 1 aliphatic heterocycles. The van der Waals surface area contributed by atoms with Crippen LogP contribution in [-0.4, -0.2) is 42.8 Å². The van der Waals surface area contributed by atoms with E-state index in [1.807, 2.05) is 36.1 Å². The summed E-state index contributed by atoms with van der Waals surface area (Å²) in [7, 11) is 1.63. The predicted molar refractivity (Wildman–Crippen MR) is 90.1 cm³/mol. The van der Waals surface area contributed by atoms with Crippen molar-refractivity contribution >= 4 is 29.0 Å². The van der Waals surface area contributed by atoms with Crippen LogP contribution < -0.4 is 10.1 Å². The molecule has 1 aromatic rings. The number of hydrogen-bond donors (Lipinski definition) is 1. The second-order valence-corrected chi connectivity index (χ2v) is 5.59. The highest BCUT2D eigenvalue weighted by molar-refractivity contribution is 7.80. The Kier molecular flexibility index (Phi) is 6.00. The van der Waals surface area contributed by atoms with Crippen LogP contribution in [0.3, 0.4) is 0 Å². The van der Waals surface area contributed by atoms with Crippen molar-refractivity contribution in [3.8, 4) is 5.75 Å². The summed E-state index contributed by atoms with van der Waals surface area (Å²) in [6.45, 7) is 3.70. The van der Waals surface area contributed by atoms with E-state index in [0.29, 0.717) is 18.3 Å². The third-order valence-electron chi connectivity index (χ3n) is 3.65. The van der Waals surface area contributed by atoms with Crippen molar-refractivity contribution in [3.63, 3.8) is 0 Å². The number of anilines is 1. The van der Waals surface area contributed by atoms with E-state index in [9.17, 15) is 4.79 Å². The smallest absolute Gasteiger partial charge is 0.310 e. The topological polar surface area (TPSA) is 50.8 Å². The van der Waals surface area contributed by atoms with Gasteiger partial charge in [0.1, 0.15) is 5.75 Å². The number of ether oxygens (including phenoxy) is 2. The average Bonchev–Trinajstić information content (AvgIpc) is 2.55. The molecule has 120 valence electrons. The van der Waals surface area contributed by atoms with Gasteiger partial charge in [0.25, 0.3) is 0 Å². The highest BCUT2D eigenvalue weighted by Crippen LogP contribution is 2.21. The Morgan fingerprint density at radius 3 is 3.05 bits per heavy atom. The number of likely N-dealkylation sites (tertiary alicyclic amines) is 1. The second-order valence-electron chi connectivity index (χ2n) is 5.20. The molecule has 2 rings (SSSR count). The molecule has 1 N–H and O–H groups in total. The minimum atomic E-state index is -0.128. The van der Waals surface area contributed by atoms with Crippen LogP contribution in [0.25, 0.3) is 0 Å². The van der Waals surface area contributed by atoms with Gasteiger partial charge in [-0.05, 0) is 44.1 Å². The summed E-state index contributed by atoms with van der Waals surface area (Å²) in [4.78, 5) is 13.9. The average molecular weight is 322 g/mol. The van der Waals surface area contributed by atoms with E-state index in [4.69, 9.17) is 21.7 Å². The minimum Gasteiger partial charge on any atom is -0.497 e. The molecule has 1 heterocycles. The third kappa shape index (κ3) is 4.34. The van der Waals surface area contributed by atoms with Gasteiger partial charge in [0.05, 0.1) is 19.6 Å². The summed E-state index contributed by atoms with van der Waals surface area (Å²) in [5.41, 5.74) is 0.877. The summed E-state index contributed by atoms with van der Waals surface area (Å²) in [5, 5.41) is 3.83. The Morgan fingerprint density at radius 1 is 1.50 bits per heavy atom. The molecule has 22 heavy (non-hydrogen) atoms. The standard InChI is InChI=1S/C16H22N2O3S/c1-3-21-15(19)12-6-5-9-18(11-12)16(22)17-13-7-4-8-14(10-13)20-2/h4,7-8,10,12H,3,5-6,9,11H2,1-2H3,(H,17,22)/t12-/m1/s1. The lowest BCUT2D eigenvalue weighted by molar-refractivity contribution is -0.149. The summed E-state index contributed by atoms with van der Waals surface area (Å²) in [5.74, 6) is 0.547. The van der Waals surface area contributed by atoms with E-state index < -0.39 is 0 Å². The maximum atomic E-state index is 11.9. The fourth-order valence-electron chi connectivity index (χ4n) is 2.52. The van der Waals surface area contributed by atoms with Gasteiger partial charge in [-0.3, -0.25) is 4.79 Å². The van der Waals surface area contributed by atoms with Gasteiger partial charge < -0.3 is 19.7 Å². The van der Waals surface area contributed by atoms with Crippen LogP contribution in [0.15, 0.2) is 24.3 Å². The largest absolute Gasteiger partial charge is 0.497 e. The maximum absolute atomic E-state index is 11.9. The first-order valence-corrected chi connectivity index (χ1v) is 7.91. The van der Waals surface area contributed by atoms with Crippen molar-refractivity contribution in [1.82, 2.24) is 4.90 Å². The molecule has 0 spiro atoms. The zero-order chi connectivity index (χ0) is 15.9. The number of benzene rings is 1. The molecule has 0 aliphatic carbocycles. The molecule has 5 nitrogen and oxygen atoms in total. The zero-order valence-corrected chi connectivity index (χ0v) is 13.8. The van der Waals surface area contributed by atoms with Crippen molar-refractivity contribution in [2.75, 3.05) is 32.1 Å². The minimum absolute atomic E-state index is 0.0984. The zero-order valence-electron chi connectivity index (χ0n) is 13.0. The lowest BCUT2D eigenvalue weighted by Gasteiger charge is -2.33. The number of carbonyl (C=O) groups is 1. The third-order valence-corrected chi connectivity index (χ3v) is 4.01. The lowest BCUT2D eigenvalue weighted by atomic mass is 9.98. The molecule has 0 bridgehead atoms. The van der Waals surface area contributed by atoms with Crippen LogP contribution in [-0.2, 0) is 9.53 Å². The van der Waals surface area contributed by atoms with Crippen LogP contribution in [0.5, 0.6) is 5.75 Å². The van der Waals surface area contributed by atoms with Gasteiger partial charge in [0.15, 0.2) is 5.11 Å². The molecule has 6 heteroatoms. The first kappa shape index (κ1) is 16.5. The number of esters is 1. The van der Waals surface area contributed by atoms with E-state index >= 15 is 0 Å². The molecule has 1 fully saturated rings. The summed E-state index contributed by atoms with van der Waals surface area (Å²) in [6.07, 6.45) is 1.79. The summed E-state index contributed by atoms with van der Waals surface area (Å²) < 4.78 is 10.3. The predicted octanol–water partition coefficient (Wildman–Crippen LogP) is 2.67. The molecule has 0 saturated carbocycles. The van der Waals surface area contributed by atoms with Crippen molar-refractivity contribution in [2.45, 2.75) is 19.8 Å². The maximum Gasteiger partial charge on any atom is 0.310 e. The van der Waals surface area contributed by atoms with Crippen molar-refractivity contribution in [3.05, 3.63) is 24.3 Å². The number of methoxy groups -OCH3 is 1. The van der Waals surface area contributed by atoms with Gasteiger partial charge >= 0.3 is 5.97 Å². The normalized spacial score (nSPS) is 17.7. The molecular weight excluding hydrogens is 300 g/mol. The van der Waals surface area contributed by atoms with Crippen LogP contribution in [0.1, 0.15) is 19.8 Å². The summed E-state index contributed by atoms with van der Waals surface area (Å²) in [6, 6.07) is 7.61. The lowest BCUT2D eigenvalue weighted by Crippen LogP contribution is -2.44. The number of hydrogen-bond acceptors (Lipinski definition) is 4. The molecule has 0 radical (unpaired) electrons. The monoisotopic (exact) mass is 322 g/mol. The highest BCUT2D eigenvalue weighted by atomic mass is 32.1. The Hall–Kier alpha value is -1.82. The van der Waals surface area contributed by atoms with E-state index in [1.54, 1.807) is 7.11 Å². The van der Waals surface area contributed by atoms with E-state index in [-0.39, 0.29) is 11.9 Å². The van der Waals surface area contributed by atoms with Crippen LogP contribution in [0.2, 0.25) is 0 Å². The molecular formula is C16H22N2O3S. The molecule has 1 atom stereocenters. The molecule has 1 saturated heterocycles. The Balaban J connectivity index is 1.95. The molecule has 0 unspecified atom stereocenters. The van der Waals surface area contributed by atoms with Crippen LogP contribution in [0, 0.1) is 5.92 Å². The molecule has 0 aromatic heterocycles. The molecule has 1 aliphatic rings. The molecule has 0 amide bonds. The quantitative estimate of drug-likeness (QED) is 0.679. The SMILES string of the molecule is CCOC(=O)[C@@H]1CCCN(C(=S)Nc2cccc(OC)c2)C1. The van der Waals surface area contributed by atoms with E-state index in [2.05, 4.69) is 5.32 Å². The second kappa shape index (κ2) is 7.98. The van der Waals surface area contributed by atoms with Gasteiger partial charge in [-0.1, -0.05) is 6.07 Å². The Labute approximate surface area is 136 Å². The number of nitrogens with one attached hydrogen (secondary N) is 1. The van der Waals surface area contributed by atoms with Crippen LogP contribution >= 0.6 is 12.2 Å². The van der Waals surface area contributed by atoms with Gasteiger partial charge in [-0.15, -0.1) is 0 Å². The van der Waals surface area contributed by atoms with Gasteiger partial charge in [0, 0.05) is 24.8 Å². The first-order valence-electron chi connectivity index (χ1n) is 7.50.